The van der Waals surface area contributed by atoms with Crippen LogP contribution in [0.25, 0.3) is 0 Å². The monoisotopic (exact) mass is 342 g/mol. The van der Waals surface area contributed by atoms with Crippen LogP contribution >= 0.6 is 0 Å². The van der Waals surface area contributed by atoms with Gasteiger partial charge in [0.05, 0.1) is 0 Å². The lowest BCUT2D eigenvalue weighted by atomic mass is 10.1. The van der Waals surface area contributed by atoms with E-state index in [-0.39, 0.29) is 5.56 Å². The first-order valence-electron chi connectivity index (χ1n) is 7.14. The molecule has 0 aliphatic rings. The number of carbonyl (C=O) groups is 4. The quantitative estimate of drug-likeness (QED) is 0.763. The number of nitrogens with zero attached hydrogens (tertiary/aromatic N) is 1. The molecule has 0 heterocycles. The Morgan fingerprint density at radius 1 is 1.25 bits per heavy atom. The van der Waals surface area contributed by atoms with Crippen molar-refractivity contribution in [2.45, 2.75) is 32.7 Å². The van der Waals surface area contributed by atoms with Crippen molar-refractivity contribution in [3.05, 3.63) is 34.9 Å². The maximum Gasteiger partial charge on any atom is 0.249 e. The van der Waals surface area contributed by atoms with E-state index < -0.39 is 23.6 Å². The number of halogens is 2. The number of amides is 3. The highest BCUT2D eigenvalue weighted by atomic mass is 19.2. The summed E-state index contributed by atoms with van der Waals surface area (Å²) < 4.78 is 24.8. The van der Waals surface area contributed by atoms with Gasteiger partial charge in [0, 0.05) is 12.6 Å². The van der Waals surface area contributed by atoms with E-state index in [0.29, 0.717) is 31.1 Å². The molecule has 1 aromatic rings. The number of nitrogens with one attached hydrogen (secondary N) is 1. The topological polar surface area (TPSA) is 83.6 Å². The molecule has 132 valence electrons. The summed E-state index contributed by atoms with van der Waals surface area (Å²) in [6, 6.07) is 1.34. The molecule has 0 bridgehead atoms. The summed E-state index contributed by atoms with van der Waals surface area (Å²) in [6.07, 6.45) is 2.72. The summed E-state index contributed by atoms with van der Waals surface area (Å²) in [7, 11) is 1.51. The lowest BCUT2D eigenvalue weighted by molar-refractivity contribution is -0.134. The Hall–Kier alpha value is -2.64. The largest absolute Gasteiger partial charge is 0.336 e. The molecule has 1 atom stereocenters. The summed E-state index contributed by atoms with van der Waals surface area (Å²) in [5.74, 6) is -2.35. The van der Waals surface area contributed by atoms with Gasteiger partial charge in [0.25, 0.3) is 0 Å². The summed E-state index contributed by atoms with van der Waals surface area (Å²) in [5.41, 5.74) is 0.628. The average molecular weight is 342 g/mol. The van der Waals surface area contributed by atoms with Crippen LogP contribution in [0.15, 0.2) is 12.1 Å². The van der Waals surface area contributed by atoms with Crippen molar-refractivity contribution in [2.24, 2.45) is 0 Å². The van der Waals surface area contributed by atoms with Crippen molar-refractivity contribution < 1.29 is 28.0 Å². The van der Waals surface area contributed by atoms with Gasteiger partial charge in [0.2, 0.25) is 18.7 Å². The molecule has 0 fully saturated rings. The molecule has 0 aliphatic heterocycles. The minimum atomic E-state index is -0.988. The molecule has 8 heteroatoms. The number of aryl methyl sites for hydroxylation is 1. The van der Waals surface area contributed by atoms with E-state index in [1.807, 2.05) is 12.2 Å². The van der Waals surface area contributed by atoms with Crippen molar-refractivity contribution in [1.82, 2.24) is 10.2 Å². The van der Waals surface area contributed by atoms with Gasteiger partial charge in [-0.25, -0.2) is 8.78 Å². The maximum atomic E-state index is 12.4. The van der Waals surface area contributed by atoms with E-state index in [1.54, 1.807) is 6.92 Å². The number of hydrogen-bond donors (Lipinski definition) is 1. The summed E-state index contributed by atoms with van der Waals surface area (Å²) in [6.45, 7) is 3.45. The zero-order chi connectivity index (χ0) is 18.7. The molecule has 0 aliphatic carbocycles. The third kappa shape index (κ3) is 6.64. The molecule has 0 aromatic heterocycles. The van der Waals surface area contributed by atoms with Gasteiger partial charge in [0.15, 0.2) is 11.6 Å². The number of aldehydes is 1. The van der Waals surface area contributed by atoms with Crippen molar-refractivity contribution >= 4 is 25.0 Å². The Morgan fingerprint density at radius 3 is 2.29 bits per heavy atom. The van der Waals surface area contributed by atoms with E-state index in [4.69, 9.17) is 0 Å². The molecule has 0 spiro atoms. The molecule has 6 nitrogen and oxygen atoms in total. The highest BCUT2D eigenvalue weighted by Gasteiger charge is 2.20. The van der Waals surface area contributed by atoms with Gasteiger partial charge in [-0.3, -0.25) is 24.5 Å². The Labute approximate surface area is 138 Å². The van der Waals surface area contributed by atoms with Crippen LogP contribution in [0, 0.1) is 18.6 Å². The minimum Gasteiger partial charge on any atom is -0.336 e. The first-order chi connectivity index (χ1) is 11.3. The highest BCUT2D eigenvalue weighted by Crippen LogP contribution is 2.11. The van der Waals surface area contributed by atoms with Crippen molar-refractivity contribution in [3.63, 3.8) is 0 Å². The zero-order valence-electron chi connectivity index (χ0n) is 13.7. The molecule has 3 amide bonds. The molecule has 24 heavy (non-hydrogen) atoms. The lowest BCUT2D eigenvalue weighted by Gasteiger charge is -2.21. The minimum absolute atomic E-state index is 0.184. The fourth-order valence-electron chi connectivity index (χ4n) is 1.81. The molecule has 0 radical (unpaired) electrons. The van der Waals surface area contributed by atoms with Gasteiger partial charge in [-0.1, -0.05) is 13.3 Å². The van der Waals surface area contributed by atoms with Crippen molar-refractivity contribution in [3.8, 4) is 0 Å². The van der Waals surface area contributed by atoms with Gasteiger partial charge in [-0.15, -0.1) is 0 Å². The van der Waals surface area contributed by atoms with Crippen LogP contribution < -0.4 is 5.32 Å². The average Bonchev–Trinajstić information content (AvgIpc) is 2.56. The van der Waals surface area contributed by atoms with Gasteiger partial charge in [0.1, 0.15) is 12.3 Å². The van der Waals surface area contributed by atoms with Gasteiger partial charge in [-0.05, 0) is 31.0 Å². The highest BCUT2D eigenvalue weighted by molar-refractivity contribution is 5.90. The first-order valence-corrected chi connectivity index (χ1v) is 7.14. The standard InChI is InChI=1S/C8H6F2O.C8H14N2O3/c1-5-2-7(9)8(10)3-6(5)4-11;1-3-4-7(10(2)6-12)8(13)9-5-11/h2-4H,1H3;5-7H,3-4H2,1-2H3,(H,9,11,13). The van der Waals surface area contributed by atoms with E-state index in [9.17, 15) is 28.0 Å². The smallest absolute Gasteiger partial charge is 0.249 e. The van der Waals surface area contributed by atoms with Crippen LogP contribution in [0.5, 0.6) is 0 Å². The first kappa shape index (κ1) is 21.4. The number of carbonyl (C=O) groups excluding carboxylic acids is 4. The number of benzene rings is 1. The Kier molecular flexibility index (Phi) is 9.77. The van der Waals surface area contributed by atoms with Crippen molar-refractivity contribution in [1.29, 1.82) is 0 Å². The summed E-state index contributed by atoms with van der Waals surface area (Å²) >= 11 is 0. The molecule has 1 rings (SSSR count). The molecule has 1 unspecified atom stereocenters. The van der Waals surface area contributed by atoms with Crippen LogP contribution in [0.2, 0.25) is 0 Å². The molecule has 0 saturated heterocycles. The SMILES string of the molecule is CCCC(C(=O)NC=O)N(C)C=O.Cc1cc(F)c(F)cc1C=O. The second-order valence-corrected chi connectivity index (χ2v) is 4.94. The Bertz CT molecular complexity index is 594. The predicted octanol–water partition coefficient (Wildman–Crippen LogP) is 1.60. The van der Waals surface area contributed by atoms with Gasteiger partial charge < -0.3 is 4.90 Å². The third-order valence-corrected chi connectivity index (χ3v) is 3.16. The number of imide groups is 1. The number of rotatable bonds is 7. The summed E-state index contributed by atoms with van der Waals surface area (Å²) in [4.78, 5) is 43.0. The number of likely N-dealkylation sites (N-methyl/N-ethyl adjacent to an activating group) is 1. The van der Waals surface area contributed by atoms with Crippen molar-refractivity contribution in [2.75, 3.05) is 7.05 Å². The van der Waals surface area contributed by atoms with Crippen LogP contribution in [0.3, 0.4) is 0 Å². The molecule has 1 aromatic carbocycles. The van der Waals surface area contributed by atoms with E-state index in [2.05, 4.69) is 0 Å². The van der Waals surface area contributed by atoms with E-state index in [1.165, 1.54) is 11.9 Å². The molecule has 0 saturated carbocycles. The fraction of sp³-hybridized carbons (Fsp3) is 0.375. The van der Waals surface area contributed by atoms with Crippen LogP contribution in [-0.2, 0) is 14.4 Å². The second kappa shape index (κ2) is 11.0. The zero-order valence-corrected chi connectivity index (χ0v) is 13.7. The summed E-state index contributed by atoms with van der Waals surface area (Å²) in [5, 5.41) is 2.03. The predicted molar refractivity (Wildman–Crippen MR) is 83.2 cm³/mol. The lowest BCUT2D eigenvalue weighted by Crippen LogP contribution is -2.44. The van der Waals surface area contributed by atoms with Gasteiger partial charge >= 0.3 is 0 Å². The number of hydrogen-bond acceptors (Lipinski definition) is 4. The fourth-order valence-corrected chi connectivity index (χ4v) is 1.81. The normalized spacial score (nSPS) is 10.7. The Balaban J connectivity index is 0.000000446. The second-order valence-electron chi connectivity index (χ2n) is 4.94. The third-order valence-electron chi connectivity index (χ3n) is 3.16. The molecular weight excluding hydrogens is 322 g/mol. The van der Waals surface area contributed by atoms with E-state index >= 15 is 0 Å². The van der Waals surface area contributed by atoms with Gasteiger partial charge in [-0.2, -0.15) is 0 Å². The molecular formula is C16H20F2N2O4. The van der Waals surface area contributed by atoms with Crippen LogP contribution in [0.4, 0.5) is 8.78 Å². The van der Waals surface area contributed by atoms with E-state index in [0.717, 1.165) is 18.6 Å². The van der Waals surface area contributed by atoms with Crippen LogP contribution in [0.1, 0.15) is 35.7 Å². The Morgan fingerprint density at radius 2 is 1.83 bits per heavy atom. The maximum absolute atomic E-state index is 12.4. The van der Waals surface area contributed by atoms with Crippen LogP contribution in [-0.4, -0.2) is 43.0 Å². The molecule has 1 N–H and O–H groups in total.